The van der Waals surface area contributed by atoms with Gasteiger partial charge in [0.05, 0.1) is 6.54 Å². The number of hydrogen-bond acceptors (Lipinski definition) is 4. The molecule has 0 atom stereocenters. The highest BCUT2D eigenvalue weighted by Gasteiger charge is 2.23. The van der Waals surface area contributed by atoms with Crippen LogP contribution in [-0.2, 0) is 6.54 Å². The Labute approximate surface area is 143 Å². The molecule has 1 amide bonds. The molecule has 0 spiro atoms. The summed E-state index contributed by atoms with van der Waals surface area (Å²) in [5, 5.41) is 4.09. The van der Waals surface area contributed by atoms with Crippen LogP contribution in [0.5, 0.6) is 0 Å². The van der Waals surface area contributed by atoms with Gasteiger partial charge in [0, 0.05) is 19.2 Å². The predicted molar refractivity (Wildman–Crippen MR) is 92.6 cm³/mol. The number of carbonyl (C=O) groups excluding carboxylic acids is 1. The quantitative estimate of drug-likeness (QED) is 0.872. The summed E-state index contributed by atoms with van der Waals surface area (Å²) in [4.78, 5) is 18.4. The second kappa shape index (κ2) is 8.08. The molecule has 6 nitrogen and oxygen atoms in total. The first kappa shape index (κ1) is 19.1. The first-order valence-electron chi connectivity index (χ1n) is 7.29. The van der Waals surface area contributed by atoms with E-state index in [1.165, 1.54) is 6.33 Å². The second-order valence-corrected chi connectivity index (χ2v) is 6.28. The van der Waals surface area contributed by atoms with Gasteiger partial charge in [-0.1, -0.05) is 32.0 Å². The Morgan fingerprint density at radius 1 is 1.35 bits per heavy atom. The van der Waals surface area contributed by atoms with E-state index < -0.39 is 0 Å². The van der Waals surface area contributed by atoms with E-state index in [9.17, 15) is 4.79 Å². The second-order valence-electron chi connectivity index (χ2n) is 6.28. The van der Waals surface area contributed by atoms with Crippen molar-refractivity contribution in [2.45, 2.75) is 20.4 Å². The number of amides is 1. The lowest BCUT2D eigenvalue weighted by molar-refractivity contribution is 0.0739. The number of hydrogen-bond donors (Lipinski definition) is 1. The zero-order valence-electron chi connectivity index (χ0n) is 13.8. The van der Waals surface area contributed by atoms with Gasteiger partial charge in [-0.3, -0.25) is 4.79 Å². The van der Waals surface area contributed by atoms with Crippen molar-refractivity contribution < 1.29 is 4.79 Å². The van der Waals surface area contributed by atoms with Crippen molar-refractivity contribution >= 4 is 18.3 Å². The molecule has 0 aliphatic heterocycles. The van der Waals surface area contributed by atoms with Crippen molar-refractivity contribution in [1.29, 1.82) is 0 Å². The lowest BCUT2D eigenvalue weighted by Crippen LogP contribution is -2.40. The fraction of sp³-hybridized carbons (Fsp3) is 0.438. The van der Waals surface area contributed by atoms with Crippen LogP contribution in [0.2, 0.25) is 0 Å². The molecule has 126 valence electrons. The molecule has 7 heteroatoms. The molecule has 2 rings (SSSR count). The third-order valence-electron chi connectivity index (χ3n) is 3.61. The Kier molecular flexibility index (Phi) is 6.72. The lowest BCUT2D eigenvalue weighted by atomic mass is 9.93. The molecule has 23 heavy (non-hydrogen) atoms. The van der Waals surface area contributed by atoms with Crippen LogP contribution in [0.4, 0.5) is 0 Å². The van der Waals surface area contributed by atoms with E-state index >= 15 is 0 Å². The third kappa shape index (κ3) is 5.04. The molecule has 1 heterocycles. The maximum absolute atomic E-state index is 12.7. The van der Waals surface area contributed by atoms with E-state index in [0.717, 1.165) is 5.56 Å². The predicted octanol–water partition coefficient (Wildman–Crippen LogP) is 1.81. The van der Waals surface area contributed by atoms with Gasteiger partial charge >= 0.3 is 0 Å². The average Bonchev–Trinajstić information content (AvgIpc) is 2.99. The molecule has 0 bridgehead atoms. The number of aromatic nitrogens is 3. The van der Waals surface area contributed by atoms with Gasteiger partial charge in [0.15, 0.2) is 0 Å². The van der Waals surface area contributed by atoms with Crippen molar-refractivity contribution in [2.75, 3.05) is 20.1 Å². The maximum atomic E-state index is 12.7. The van der Waals surface area contributed by atoms with Crippen molar-refractivity contribution in [3.8, 4) is 0 Å². The van der Waals surface area contributed by atoms with Gasteiger partial charge in [0.1, 0.15) is 12.7 Å². The molecule has 0 aliphatic carbocycles. The van der Waals surface area contributed by atoms with Gasteiger partial charge in [0.25, 0.3) is 5.91 Å². The Hall–Kier alpha value is -1.92. The van der Waals surface area contributed by atoms with Crippen LogP contribution in [-0.4, -0.2) is 45.7 Å². The van der Waals surface area contributed by atoms with Crippen molar-refractivity contribution in [3.63, 3.8) is 0 Å². The maximum Gasteiger partial charge on any atom is 0.253 e. The minimum atomic E-state index is -0.106. The average molecular weight is 338 g/mol. The molecule has 0 saturated heterocycles. The molecule has 0 aliphatic rings. The number of nitrogens with zero attached hydrogens (tertiary/aromatic N) is 4. The topological polar surface area (TPSA) is 77.0 Å². The van der Waals surface area contributed by atoms with E-state index in [0.29, 0.717) is 25.2 Å². The molecule has 0 saturated carbocycles. The summed E-state index contributed by atoms with van der Waals surface area (Å²) in [6, 6.07) is 7.59. The zero-order chi connectivity index (χ0) is 16.2. The van der Waals surface area contributed by atoms with Crippen LogP contribution < -0.4 is 5.73 Å². The number of nitrogens with two attached hydrogens (primary N) is 1. The van der Waals surface area contributed by atoms with Gasteiger partial charge in [-0.25, -0.2) is 9.67 Å². The largest absolute Gasteiger partial charge is 0.341 e. The highest BCUT2D eigenvalue weighted by Crippen LogP contribution is 2.18. The van der Waals surface area contributed by atoms with Crippen molar-refractivity contribution in [2.24, 2.45) is 11.1 Å². The van der Waals surface area contributed by atoms with Crippen molar-refractivity contribution in [3.05, 3.63) is 48.0 Å². The van der Waals surface area contributed by atoms with Crippen LogP contribution >= 0.6 is 12.4 Å². The highest BCUT2D eigenvalue weighted by molar-refractivity contribution is 5.95. The number of rotatable bonds is 6. The summed E-state index contributed by atoms with van der Waals surface area (Å²) < 4.78 is 1.70. The Morgan fingerprint density at radius 3 is 2.65 bits per heavy atom. The number of halogens is 1. The molecule has 0 radical (unpaired) electrons. The molecule has 2 N–H and O–H groups in total. The van der Waals surface area contributed by atoms with Crippen LogP contribution in [0.1, 0.15) is 29.8 Å². The molecular formula is C16H24ClN5O. The highest BCUT2D eigenvalue weighted by atomic mass is 35.5. The first-order valence-corrected chi connectivity index (χ1v) is 7.29. The molecule has 1 aromatic heterocycles. The Balaban J connectivity index is 0.00000264. The fourth-order valence-corrected chi connectivity index (χ4v) is 2.34. The van der Waals surface area contributed by atoms with Gasteiger partial charge < -0.3 is 10.6 Å². The van der Waals surface area contributed by atoms with Crippen LogP contribution in [0.3, 0.4) is 0 Å². The van der Waals surface area contributed by atoms with E-state index in [4.69, 9.17) is 5.73 Å². The summed E-state index contributed by atoms with van der Waals surface area (Å²) in [6.45, 7) is 5.78. The first-order chi connectivity index (χ1) is 10.4. The summed E-state index contributed by atoms with van der Waals surface area (Å²) in [5.41, 5.74) is 7.27. The molecular weight excluding hydrogens is 314 g/mol. The number of carbonyl (C=O) groups is 1. The van der Waals surface area contributed by atoms with Crippen molar-refractivity contribution in [1.82, 2.24) is 19.7 Å². The summed E-state index contributed by atoms with van der Waals surface area (Å²) >= 11 is 0. The normalized spacial score (nSPS) is 11.0. The third-order valence-corrected chi connectivity index (χ3v) is 3.61. The SMILES string of the molecule is CN(CC(C)(C)CN)C(=O)c1ccccc1Cn1cncn1.Cl. The Bertz CT molecular complexity index is 627. The van der Waals surface area contributed by atoms with Gasteiger partial charge in [0.2, 0.25) is 0 Å². The standard InChI is InChI=1S/C16H23N5O.ClH/c1-16(2,9-17)10-20(3)15(22)14-7-5-4-6-13(14)8-21-12-18-11-19-21;/h4-7,11-12H,8-10,17H2,1-3H3;1H. The molecule has 0 unspecified atom stereocenters. The summed E-state index contributed by atoms with van der Waals surface area (Å²) in [6.07, 6.45) is 3.13. The minimum Gasteiger partial charge on any atom is -0.341 e. The van der Waals surface area contributed by atoms with E-state index in [2.05, 4.69) is 23.9 Å². The van der Waals surface area contributed by atoms with E-state index in [1.807, 2.05) is 31.3 Å². The fourth-order valence-electron chi connectivity index (χ4n) is 2.34. The number of benzene rings is 1. The molecule has 1 aromatic carbocycles. The summed E-state index contributed by atoms with van der Waals surface area (Å²) in [5.74, 6) is -0.00256. The minimum absolute atomic E-state index is 0. The molecule has 2 aromatic rings. The van der Waals surface area contributed by atoms with Gasteiger partial charge in [-0.15, -0.1) is 12.4 Å². The van der Waals surface area contributed by atoms with Crippen LogP contribution in [0.15, 0.2) is 36.9 Å². The van der Waals surface area contributed by atoms with Gasteiger partial charge in [-0.2, -0.15) is 5.10 Å². The van der Waals surface area contributed by atoms with E-state index in [-0.39, 0.29) is 23.7 Å². The molecule has 0 fully saturated rings. The zero-order valence-corrected chi connectivity index (χ0v) is 14.6. The van der Waals surface area contributed by atoms with Gasteiger partial charge in [-0.05, 0) is 23.6 Å². The monoisotopic (exact) mass is 337 g/mol. The Morgan fingerprint density at radius 2 is 2.04 bits per heavy atom. The van der Waals surface area contributed by atoms with E-state index in [1.54, 1.807) is 15.9 Å². The smallest absolute Gasteiger partial charge is 0.253 e. The van der Waals surface area contributed by atoms with Crippen LogP contribution in [0, 0.1) is 5.41 Å². The lowest BCUT2D eigenvalue weighted by Gasteiger charge is -2.29. The summed E-state index contributed by atoms with van der Waals surface area (Å²) in [7, 11) is 1.81. The van der Waals surface area contributed by atoms with Crippen LogP contribution in [0.25, 0.3) is 0 Å².